The van der Waals surface area contributed by atoms with Crippen molar-refractivity contribution in [2.45, 2.75) is 13.5 Å². The highest BCUT2D eigenvalue weighted by Crippen LogP contribution is 2.31. The number of rotatable bonds is 3. The molecule has 1 heterocycles. The van der Waals surface area contributed by atoms with Crippen LogP contribution >= 0.6 is 38.5 Å². The van der Waals surface area contributed by atoms with Gasteiger partial charge in [0.2, 0.25) is 0 Å². The Kier molecular flexibility index (Phi) is 5.14. The number of nitrogens with one attached hydrogen (secondary N) is 1. The minimum Gasteiger partial charge on any atom is -0.506 e. The molecule has 0 atom stereocenters. The van der Waals surface area contributed by atoms with Crippen LogP contribution in [-0.4, -0.2) is 21.9 Å². The maximum absolute atomic E-state index is 12.5. The number of amides is 3. The molecule has 0 unspecified atom stereocenters. The van der Waals surface area contributed by atoms with Gasteiger partial charge in [0.1, 0.15) is 11.4 Å². The van der Waals surface area contributed by atoms with Gasteiger partial charge in [-0.2, -0.15) is 0 Å². The zero-order valence-corrected chi connectivity index (χ0v) is 17.0. The monoisotopic (exact) mass is 512 g/mol. The fraction of sp³-hybridized carbons (Fsp3) is 0.111. The molecule has 0 bridgehead atoms. The summed E-state index contributed by atoms with van der Waals surface area (Å²) in [7, 11) is 0. The van der Waals surface area contributed by atoms with Crippen LogP contribution in [-0.2, 0) is 11.3 Å². The SMILES string of the molecule is Cc1ccc(CN2C(=O)N/C(=C/c3cc(Br)c(O)c(I)c3)C2=O)cc1. The fourth-order valence-corrected chi connectivity index (χ4v) is 3.93. The minimum absolute atomic E-state index is 0.144. The van der Waals surface area contributed by atoms with E-state index in [0.29, 0.717) is 13.6 Å². The van der Waals surface area contributed by atoms with Crippen LogP contribution in [0.25, 0.3) is 6.08 Å². The van der Waals surface area contributed by atoms with E-state index in [4.69, 9.17) is 0 Å². The molecule has 2 aromatic rings. The summed E-state index contributed by atoms with van der Waals surface area (Å²) in [6.07, 6.45) is 1.60. The largest absolute Gasteiger partial charge is 0.506 e. The van der Waals surface area contributed by atoms with Crippen molar-refractivity contribution in [1.29, 1.82) is 0 Å². The van der Waals surface area contributed by atoms with Crippen LogP contribution in [0.15, 0.2) is 46.6 Å². The zero-order chi connectivity index (χ0) is 18.1. The van der Waals surface area contributed by atoms with Gasteiger partial charge >= 0.3 is 6.03 Å². The summed E-state index contributed by atoms with van der Waals surface area (Å²) < 4.78 is 1.17. The van der Waals surface area contributed by atoms with Crippen molar-refractivity contribution in [2.24, 2.45) is 0 Å². The first kappa shape index (κ1) is 17.9. The van der Waals surface area contributed by atoms with E-state index in [1.165, 1.54) is 4.90 Å². The minimum atomic E-state index is -0.440. The van der Waals surface area contributed by atoms with Crippen LogP contribution in [0.4, 0.5) is 4.79 Å². The van der Waals surface area contributed by atoms with Gasteiger partial charge < -0.3 is 10.4 Å². The summed E-state index contributed by atoms with van der Waals surface area (Å²) in [5, 5.41) is 12.4. The molecule has 5 nitrogen and oxygen atoms in total. The molecule has 25 heavy (non-hydrogen) atoms. The van der Waals surface area contributed by atoms with Gasteiger partial charge in [-0.3, -0.25) is 9.69 Å². The van der Waals surface area contributed by atoms with Gasteiger partial charge in [-0.15, -0.1) is 0 Å². The van der Waals surface area contributed by atoms with Crippen LogP contribution < -0.4 is 5.32 Å². The van der Waals surface area contributed by atoms with E-state index < -0.39 is 6.03 Å². The van der Waals surface area contributed by atoms with Gasteiger partial charge in [0, 0.05) is 0 Å². The average Bonchev–Trinajstić information content (AvgIpc) is 2.82. The molecule has 1 saturated heterocycles. The Labute approximate surface area is 167 Å². The molecule has 0 radical (unpaired) electrons. The number of phenols is 1. The van der Waals surface area contributed by atoms with E-state index >= 15 is 0 Å². The first-order valence-corrected chi connectivity index (χ1v) is 9.30. The molecule has 3 rings (SSSR count). The predicted molar refractivity (Wildman–Crippen MR) is 107 cm³/mol. The summed E-state index contributed by atoms with van der Waals surface area (Å²) >= 11 is 5.27. The van der Waals surface area contributed by atoms with Gasteiger partial charge in [-0.05, 0) is 74.8 Å². The summed E-state index contributed by atoms with van der Waals surface area (Å²) in [6.45, 7) is 2.20. The van der Waals surface area contributed by atoms with E-state index in [1.807, 2.05) is 53.8 Å². The van der Waals surface area contributed by atoms with Crippen LogP contribution in [0.5, 0.6) is 5.75 Å². The molecule has 1 aliphatic rings. The van der Waals surface area contributed by atoms with Gasteiger partial charge in [-0.25, -0.2) is 4.79 Å². The lowest BCUT2D eigenvalue weighted by molar-refractivity contribution is -0.123. The number of urea groups is 1. The third-order valence-corrected chi connectivity index (χ3v) is 5.20. The van der Waals surface area contributed by atoms with Gasteiger partial charge in [0.15, 0.2) is 0 Å². The number of phenolic OH excluding ortho intramolecular Hbond substituents is 1. The molecule has 0 spiro atoms. The smallest absolute Gasteiger partial charge is 0.329 e. The molecule has 1 fully saturated rings. The lowest BCUT2D eigenvalue weighted by atomic mass is 10.1. The molecule has 0 aromatic heterocycles. The fourth-order valence-electron chi connectivity index (χ4n) is 2.43. The molecule has 7 heteroatoms. The molecule has 0 aliphatic carbocycles. The Morgan fingerprint density at radius 3 is 2.56 bits per heavy atom. The van der Waals surface area contributed by atoms with Crippen LogP contribution in [0, 0.1) is 10.5 Å². The van der Waals surface area contributed by atoms with Crippen LogP contribution in [0.3, 0.4) is 0 Å². The number of nitrogens with zero attached hydrogens (tertiary/aromatic N) is 1. The number of aromatic hydroxyl groups is 1. The van der Waals surface area contributed by atoms with Gasteiger partial charge in [-0.1, -0.05) is 29.8 Å². The van der Waals surface area contributed by atoms with Crippen molar-refractivity contribution in [3.63, 3.8) is 0 Å². The summed E-state index contributed by atoms with van der Waals surface area (Å²) in [5.74, 6) is -0.227. The number of carbonyl (C=O) groups is 2. The van der Waals surface area contributed by atoms with Crippen LogP contribution in [0.2, 0.25) is 0 Å². The zero-order valence-electron chi connectivity index (χ0n) is 13.2. The summed E-state index contributed by atoms with van der Waals surface area (Å²) in [4.78, 5) is 25.9. The molecular formula is C18H14BrIN2O3. The van der Waals surface area contributed by atoms with Crippen molar-refractivity contribution in [3.05, 3.63) is 66.8 Å². The molecule has 3 amide bonds. The van der Waals surface area contributed by atoms with Gasteiger partial charge in [0.05, 0.1) is 14.6 Å². The number of hydrogen-bond donors (Lipinski definition) is 2. The summed E-state index contributed by atoms with van der Waals surface area (Å²) in [5.41, 5.74) is 2.92. The van der Waals surface area contributed by atoms with E-state index in [1.54, 1.807) is 18.2 Å². The highest BCUT2D eigenvalue weighted by molar-refractivity contribution is 14.1. The molecule has 2 aromatic carbocycles. The average molecular weight is 513 g/mol. The lowest BCUT2D eigenvalue weighted by Gasteiger charge is -2.11. The Balaban J connectivity index is 1.84. The third kappa shape index (κ3) is 3.87. The quantitative estimate of drug-likeness (QED) is 0.368. The third-order valence-electron chi connectivity index (χ3n) is 3.77. The second-order valence-electron chi connectivity index (χ2n) is 5.70. The molecule has 2 N–H and O–H groups in total. The Morgan fingerprint density at radius 1 is 1.24 bits per heavy atom. The standard InChI is InChI=1S/C18H14BrIN2O3/c1-10-2-4-11(5-3-10)9-22-17(24)15(21-18(22)25)8-12-6-13(19)16(23)14(20)7-12/h2-8,23H,9H2,1H3,(H,21,25)/b15-8+. The Morgan fingerprint density at radius 2 is 1.92 bits per heavy atom. The summed E-state index contributed by atoms with van der Waals surface area (Å²) in [6, 6.07) is 10.7. The van der Waals surface area contributed by atoms with Crippen molar-refractivity contribution < 1.29 is 14.7 Å². The first-order valence-electron chi connectivity index (χ1n) is 7.43. The number of halogens is 2. The number of hydrogen-bond acceptors (Lipinski definition) is 3. The van der Waals surface area contributed by atoms with Crippen molar-refractivity contribution >= 4 is 56.5 Å². The van der Waals surface area contributed by atoms with Crippen molar-refractivity contribution in [1.82, 2.24) is 10.2 Å². The second kappa shape index (κ2) is 7.17. The Hall–Kier alpha value is -1.87. The van der Waals surface area contributed by atoms with Crippen molar-refractivity contribution in [3.8, 4) is 5.75 Å². The maximum Gasteiger partial charge on any atom is 0.329 e. The Bertz CT molecular complexity index is 871. The van der Waals surface area contributed by atoms with Crippen molar-refractivity contribution in [2.75, 3.05) is 0 Å². The highest BCUT2D eigenvalue weighted by Gasteiger charge is 2.33. The second-order valence-corrected chi connectivity index (χ2v) is 7.71. The lowest BCUT2D eigenvalue weighted by Crippen LogP contribution is -2.30. The van der Waals surface area contributed by atoms with E-state index in [9.17, 15) is 14.7 Å². The van der Waals surface area contributed by atoms with E-state index in [0.717, 1.165) is 11.1 Å². The number of imide groups is 1. The topological polar surface area (TPSA) is 69.6 Å². The maximum atomic E-state index is 12.5. The molecule has 1 aliphatic heterocycles. The number of benzene rings is 2. The number of aryl methyl sites for hydroxylation is 1. The predicted octanol–water partition coefficient (Wildman–Crippen LogP) is 4.16. The highest BCUT2D eigenvalue weighted by atomic mass is 127. The number of carbonyl (C=O) groups excluding carboxylic acids is 2. The van der Waals surface area contributed by atoms with E-state index in [-0.39, 0.29) is 23.9 Å². The molecule has 0 saturated carbocycles. The van der Waals surface area contributed by atoms with Crippen LogP contribution in [0.1, 0.15) is 16.7 Å². The normalized spacial score (nSPS) is 15.8. The first-order chi connectivity index (χ1) is 11.8. The van der Waals surface area contributed by atoms with E-state index in [2.05, 4.69) is 21.2 Å². The molecule has 128 valence electrons. The van der Waals surface area contributed by atoms with Gasteiger partial charge in [0.25, 0.3) is 5.91 Å². The molecular weight excluding hydrogens is 499 g/mol.